The van der Waals surface area contributed by atoms with Gasteiger partial charge in [0.05, 0.1) is 96.0 Å². The van der Waals surface area contributed by atoms with Crippen molar-refractivity contribution in [1.82, 2.24) is 19.5 Å². The Balaban J connectivity index is 0.000000290. The number of amides is 1. The molecule has 1 fully saturated rings. The zero-order valence-electron chi connectivity index (χ0n) is 58.8. The molecule has 6 atom stereocenters. The lowest BCUT2D eigenvalue weighted by molar-refractivity contribution is -0.140. The summed E-state index contributed by atoms with van der Waals surface area (Å²) in [7, 11) is -2.33. The van der Waals surface area contributed by atoms with Crippen LogP contribution in [-0.4, -0.2) is 148 Å². The van der Waals surface area contributed by atoms with Crippen LogP contribution in [0.25, 0.3) is 67.8 Å². The molecule has 1 aliphatic rings. The second-order valence-electron chi connectivity index (χ2n) is 26.4. The van der Waals surface area contributed by atoms with Crippen molar-refractivity contribution in [2.45, 2.75) is 169 Å². The Bertz CT molecular complexity index is 4640. The van der Waals surface area contributed by atoms with E-state index in [4.69, 9.17) is 20.3 Å². The van der Waals surface area contributed by atoms with E-state index < -0.39 is 89.6 Å². The lowest BCUT2D eigenvalue weighted by Crippen LogP contribution is -2.27. The van der Waals surface area contributed by atoms with Gasteiger partial charge in [0.2, 0.25) is 16.0 Å². The van der Waals surface area contributed by atoms with E-state index in [0.29, 0.717) is 56.5 Å². The minimum absolute atomic E-state index is 0. The van der Waals surface area contributed by atoms with E-state index >= 15 is 0 Å². The molecule has 21 nitrogen and oxygen atoms in total. The number of benzene rings is 6. The first-order valence-corrected chi connectivity index (χ1v) is 36.1. The Morgan fingerprint density at radius 3 is 1.49 bits per heavy atom. The molecule has 3 aromatic heterocycles. The first-order valence-electron chi connectivity index (χ1n) is 34.2. The largest absolute Gasteiger partial charge is 0.481 e. The van der Waals surface area contributed by atoms with Crippen LogP contribution in [0.3, 0.4) is 0 Å². The number of hydrogen-bond donors (Lipinski definition) is 10. The zero-order chi connectivity index (χ0) is 76.4. The summed E-state index contributed by atoms with van der Waals surface area (Å²) in [6.45, 7) is 7.96. The molecule has 0 radical (unpaired) electrons. The number of fused-ring (bicyclic) bond motifs is 1. The van der Waals surface area contributed by atoms with Gasteiger partial charge >= 0.3 is 17.9 Å². The Hall–Kier alpha value is -10.3. The number of aliphatic hydroxyl groups is 6. The van der Waals surface area contributed by atoms with Crippen LogP contribution in [0.4, 0.5) is 24.8 Å². The van der Waals surface area contributed by atoms with Gasteiger partial charge in [-0.2, -0.15) is 0 Å². The highest BCUT2D eigenvalue weighted by atomic mass is 32.2. The summed E-state index contributed by atoms with van der Waals surface area (Å²) in [5.74, 6) is -4.90. The van der Waals surface area contributed by atoms with Gasteiger partial charge in [0.15, 0.2) is 0 Å². The van der Waals surface area contributed by atoms with Crippen LogP contribution >= 0.6 is 0 Å². The molecule has 10 N–H and O–H groups in total. The third-order valence-corrected chi connectivity index (χ3v) is 18.4. The van der Waals surface area contributed by atoms with E-state index in [1.165, 1.54) is 67.7 Å². The molecular weight excluding hydrogens is 1410 g/mol. The minimum Gasteiger partial charge on any atom is -0.481 e. The number of hydrogen-bond acceptors (Lipinski definition) is 15. The molecule has 1 aliphatic carbocycles. The second kappa shape index (κ2) is 40.6. The molecule has 3 heterocycles. The topological polar surface area (TPSA) is 343 Å². The molecule has 0 saturated heterocycles. The van der Waals surface area contributed by atoms with E-state index in [1.807, 2.05) is 117 Å². The fraction of sp³-hybridized carbons (Fsp3) is 0.337. The van der Waals surface area contributed by atoms with Crippen molar-refractivity contribution in [3.05, 3.63) is 221 Å². The summed E-state index contributed by atoms with van der Waals surface area (Å²) in [4.78, 5) is 60.2. The van der Waals surface area contributed by atoms with Crippen molar-refractivity contribution >= 4 is 68.5 Å². The summed E-state index contributed by atoms with van der Waals surface area (Å²) < 4.78 is 68.2. The quantitative estimate of drug-likeness (QED) is 0.0200. The molecule has 1 amide bonds. The van der Waals surface area contributed by atoms with Gasteiger partial charge in [-0.15, -0.1) is 0 Å². The maximum absolute atomic E-state index is 14.0. The number of carboxylic acids is 3. The van der Waals surface area contributed by atoms with Gasteiger partial charge < -0.3 is 55.8 Å². The third-order valence-electron chi connectivity index (χ3n) is 17.2. The number of nitrogens with one attached hydrogen (secondary N) is 1. The number of halogens is 3. The van der Waals surface area contributed by atoms with Gasteiger partial charge in [-0.1, -0.05) is 153 Å². The average Bonchev–Trinajstić information content (AvgIpc) is 1.59. The van der Waals surface area contributed by atoms with Crippen LogP contribution in [0.2, 0.25) is 0 Å². The Kier molecular flexibility index (Phi) is 33.3. The van der Waals surface area contributed by atoms with Crippen LogP contribution in [0.15, 0.2) is 170 Å². The summed E-state index contributed by atoms with van der Waals surface area (Å²) in [6, 6.07) is 44.4. The number of rotatable bonds is 30. The summed E-state index contributed by atoms with van der Waals surface area (Å²) in [6.07, 6.45) is 1.15. The van der Waals surface area contributed by atoms with Crippen molar-refractivity contribution in [1.29, 1.82) is 0 Å². The number of aliphatic hydroxyl groups excluding tert-OH is 6. The first-order chi connectivity index (χ1) is 49.9. The molecule has 578 valence electrons. The average molecular weight is 1510 g/mol. The number of para-hydroxylation sites is 2. The number of anilines is 2. The number of aliphatic carboxylic acids is 3. The monoisotopic (exact) mass is 1510 g/mol. The molecule has 2 unspecified atom stereocenters. The highest BCUT2D eigenvalue weighted by Gasteiger charge is 2.33. The maximum Gasteiger partial charge on any atom is 0.305 e. The van der Waals surface area contributed by atoms with Crippen LogP contribution < -0.4 is 9.62 Å². The third kappa shape index (κ3) is 24.6. The number of nitrogens with zero attached hydrogens (tertiary/aromatic N) is 5. The van der Waals surface area contributed by atoms with Gasteiger partial charge in [0.25, 0.3) is 5.91 Å². The minimum atomic E-state index is -3.65. The number of carbonyl (C=O) groups excluding carboxylic acids is 1. The van der Waals surface area contributed by atoms with Crippen molar-refractivity contribution < 1.29 is 86.7 Å². The lowest BCUT2D eigenvalue weighted by Gasteiger charge is -2.20. The number of carbonyl (C=O) groups is 4. The highest BCUT2D eigenvalue weighted by molar-refractivity contribution is 7.92. The predicted octanol–water partition coefficient (Wildman–Crippen LogP) is 15.1. The first kappa shape index (κ1) is 88.4. The predicted molar refractivity (Wildman–Crippen MR) is 417 cm³/mol. The van der Waals surface area contributed by atoms with Crippen molar-refractivity contribution in [3.8, 4) is 44.8 Å². The van der Waals surface area contributed by atoms with Crippen LogP contribution in [0, 0.1) is 17.5 Å². The molecule has 25 heteroatoms. The van der Waals surface area contributed by atoms with E-state index in [9.17, 15) is 71.4 Å². The molecule has 10 rings (SSSR count). The van der Waals surface area contributed by atoms with E-state index in [1.54, 1.807) is 36.4 Å². The maximum atomic E-state index is 14.0. The zero-order valence-corrected chi connectivity index (χ0v) is 59.7. The van der Waals surface area contributed by atoms with Gasteiger partial charge in [-0.25, -0.2) is 35.9 Å². The van der Waals surface area contributed by atoms with Crippen LogP contribution in [0.1, 0.15) is 164 Å². The van der Waals surface area contributed by atoms with E-state index in [0.717, 1.165) is 67.9 Å². The van der Waals surface area contributed by atoms with Crippen molar-refractivity contribution in [2.24, 2.45) is 0 Å². The normalized spacial score (nSPS) is 13.7. The smallest absolute Gasteiger partial charge is 0.305 e. The number of pyridine rings is 1. The Labute approximate surface area is 629 Å². The fourth-order valence-electron chi connectivity index (χ4n) is 12.1. The summed E-state index contributed by atoms with van der Waals surface area (Å²) in [5.41, 5.74) is 11.0. The molecule has 0 spiro atoms. The van der Waals surface area contributed by atoms with Gasteiger partial charge in [-0.05, 0) is 133 Å². The van der Waals surface area contributed by atoms with E-state index in [-0.39, 0.29) is 89.8 Å². The number of carboxylic acid groups (broad SMARTS) is 3. The Morgan fingerprint density at radius 2 is 1.01 bits per heavy atom. The molecule has 1 saturated carbocycles. The molecule has 9 aromatic rings. The van der Waals surface area contributed by atoms with Gasteiger partial charge in [0, 0.05) is 76.9 Å². The molecule has 6 aromatic carbocycles. The second-order valence-corrected chi connectivity index (χ2v) is 28.4. The summed E-state index contributed by atoms with van der Waals surface area (Å²) >= 11 is 0. The van der Waals surface area contributed by atoms with Crippen molar-refractivity contribution in [2.75, 3.05) is 22.9 Å². The van der Waals surface area contributed by atoms with Crippen molar-refractivity contribution in [3.63, 3.8) is 0 Å². The molecular formula is C83H99F3N6O15S. The molecule has 0 bridgehead atoms. The van der Waals surface area contributed by atoms with E-state index in [2.05, 4.69) is 15.3 Å². The fourth-order valence-corrected chi connectivity index (χ4v) is 12.5. The van der Waals surface area contributed by atoms with Crippen LogP contribution in [-0.2, 0) is 31.0 Å². The molecule has 0 aliphatic heterocycles. The summed E-state index contributed by atoms with van der Waals surface area (Å²) in [5, 5.41) is 91.4. The number of aromatic nitrogens is 4. The van der Waals surface area contributed by atoms with Gasteiger partial charge in [-0.3, -0.25) is 24.2 Å². The molecule has 108 heavy (non-hydrogen) atoms. The van der Waals surface area contributed by atoms with Crippen LogP contribution in [0.5, 0.6) is 0 Å². The number of sulfonamides is 1. The SMILES string of the molecule is C.C.C.CC(C)c1c(C(=O)Nc2ccccc2)c(-c2ccccc2)c(-c2ccc(F)cc2)n1CC[C@@H](O)C[C@@H](O)CC(=O)O.CC(C)c1nc(N(C)S(C)(=O)=O)nc(-c2ccc(F)cc2)c1/C=C/[C@@H](O)C[C@@H](O)CC(=O)O.O=C(O)CC(O)CC(O)/C=C/c1c(C2CC2)nc2ccccc2c1-c1ccc(F)cc1. The van der Waals surface area contributed by atoms with Gasteiger partial charge in [0.1, 0.15) is 17.5 Å². The standard InChI is InChI=1S/C33H35FN2O5.C25H24FNO4.C22H28FN3O6S.3CH4/c1-21(2)31-30(33(41)35-25-11-7-4-8-12-25)29(22-9-5-3-6-10-22)32(23-13-15-24(34)16-14-23)36(31)18-17-26(37)19-27(38)20-28(39)40;26-17-9-7-15(8-10-17)24-20-3-1-2-4-22(20)27-25(16-5-6-16)21(24)12-11-18(28)13-19(29)14-23(30)31;1-13(2)20-18(10-9-16(27)11-17(28)12-19(29)30)21(14-5-7-15(23)8-6-14)25-22(24-20)26(3)33(4,31)32;;;/h3-16,21,26-27,37-38H,17-20H2,1-2H3,(H,35,41)(H,39,40);1-4,7-12,16,18-19,28-29H,5-6,13-14H2,(H,30,31);5-10,13,16-17,27-28H,11-12H2,1-4H3,(H,29,30);3*1H4/b;12-11+;10-9+;;;/t26-,27-;;16-,17-;;;/m1.1.../s1. The lowest BCUT2D eigenvalue weighted by atomic mass is 9.92. The Morgan fingerprint density at radius 1 is 0.556 bits per heavy atom. The highest BCUT2D eigenvalue weighted by Crippen LogP contribution is 2.46.